The van der Waals surface area contributed by atoms with Gasteiger partial charge in [-0.25, -0.2) is 0 Å². The minimum Gasteiger partial charge on any atom is -0.341 e. The third-order valence-corrected chi connectivity index (χ3v) is 5.02. The van der Waals surface area contributed by atoms with Crippen molar-refractivity contribution in [2.75, 3.05) is 0 Å². The Morgan fingerprint density at radius 2 is 1.96 bits per heavy atom. The Bertz CT molecular complexity index is 722. The summed E-state index contributed by atoms with van der Waals surface area (Å²) in [5, 5.41) is 2.75. The van der Waals surface area contributed by atoms with Gasteiger partial charge in [0.1, 0.15) is 11.2 Å². The molecule has 0 aromatic carbocycles. The van der Waals surface area contributed by atoms with Crippen molar-refractivity contribution in [3.63, 3.8) is 0 Å². The molecule has 0 spiro atoms. The van der Waals surface area contributed by atoms with E-state index < -0.39 is 11.4 Å². The molecule has 1 aliphatic rings. The summed E-state index contributed by atoms with van der Waals surface area (Å²) in [5.74, 6) is -0.449. The van der Waals surface area contributed by atoms with Crippen LogP contribution in [0.2, 0.25) is 6.82 Å². The Hall–Kier alpha value is -1.85. The monoisotopic (exact) mass is 344 g/mol. The first-order chi connectivity index (χ1) is 11.8. The van der Waals surface area contributed by atoms with Crippen LogP contribution in [0, 0.1) is 0 Å². The lowest BCUT2D eigenvalue weighted by atomic mass is 9.68. The van der Waals surface area contributed by atoms with Crippen LogP contribution < -0.4 is 10.9 Å². The molecular formula is C19H29BN2O3. The molecule has 1 N–H and O–H groups in total. The van der Waals surface area contributed by atoms with Crippen LogP contribution >= 0.6 is 0 Å². The Labute approximate surface area is 150 Å². The van der Waals surface area contributed by atoms with Crippen LogP contribution in [0.3, 0.4) is 0 Å². The second-order valence-corrected chi connectivity index (χ2v) is 7.40. The fourth-order valence-electron chi connectivity index (χ4n) is 3.46. The number of nitrogens with zero attached hydrogens (tertiary/aromatic N) is 1. The summed E-state index contributed by atoms with van der Waals surface area (Å²) >= 11 is 0. The molecule has 0 saturated heterocycles. The first kappa shape index (κ1) is 19.5. The number of aryl methyl sites for hydroxylation is 1. The molecule has 136 valence electrons. The van der Waals surface area contributed by atoms with Crippen molar-refractivity contribution < 1.29 is 9.59 Å². The topological polar surface area (TPSA) is 68.2 Å². The maximum Gasteiger partial charge on any atom is 0.263 e. The number of hydrogen-bond donors (Lipinski definition) is 1. The summed E-state index contributed by atoms with van der Waals surface area (Å²) in [6.45, 7) is 7.88. The summed E-state index contributed by atoms with van der Waals surface area (Å²) in [5.41, 5.74) is 1.10. The van der Waals surface area contributed by atoms with Crippen molar-refractivity contribution in [3.8, 4) is 0 Å². The van der Waals surface area contributed by atoms with Gasteiger partial charge in [-0.15, -0.1) is 0 Å². The van der Waals surface area contributed by atoms with Crippen molar-refractivity contribution in [2.45, 2.75) is 78.2 Å². The lowest BCUT2D eigenvalue weighted by molar-refractivity contribution is -0.116. The molecule has 0 fully saturated rings. The third kappa shape index (κ3) is 4.22. The molecule has 1 amide bonds. The maximum absolute atomic E-state index is 12.9. The van der Waals surface area contributed by atoms with Gasteiger partial charge in [0.2, 0.25) is 7.28 Å². The van der Waals surface area contributed by atoms with E-state index in [1.807, 2.05) is 0 Å². The van der Waals surface area contributed by atoms with Gasteiger partial charge in [0, 0.05) is 12.2 Å². The van der Waals surface area contributed by atoms with Gasteiger partial charge in [-0.1, -0.05) is 20.2 Å². The fourth-order valence-corrected chi connectivity index (χ4v) is 3.46. The minimum absolute atomic E-state index is 0.0508. The number of carbonyl (C=O) groups excluding carboxylic acids is 2. The zero-order chi connectivity index (χ0) is 18.6. The molecule has 1 aromatic rings. The summed E-state index contributed by atoms with van der Waals surface area (Å²) in [6.07, 6.45) is 5.88. The molecule has 1 aromatic heterocycles. The van der Waals surface area contributed by atoms with Crippen LogP contribution in [-0.2, 0) is 24.2 Å². The van der Waals surface area contributed by atoms with Gasteiger partial charge < -0.3 is 14.7 Å². The smallest absolute Gasteiger partial charge is 0.263 e. The lowest BCUT2D eigenvalue weighted by Gasteiger charge is -2.26. The first-order valence-corrected chi connectivity index (χ1v) is 9.43. The summed E-state index contributed by atoms with van der Waals surface area (Å²) in [4.78, 5) is 37.7. The molecule has 0 unspecified atom stereocenters. The molecule has 0 aliphatic heterocycles. The average Bonchev–Trinajstić information content (AvgIpc) is 2.59. The van der Waals surface area contributed by atoms with Gasteiger partial charge in [0.05, 0.1) is 5.54 Å². The number of nitrogens with one attached hydrogen (secondary N) is 1. The van der Waals surface area contributed by atoms with Gasteiger partial charge in [-0.2, -0.15) is 0 Å². The highest BCUT2D eigenvalue weighted by atomic mass is 16.2. The normalized spacial score (nSPS) is 13.9. The van der Waals surface area contributed by atoms with E-state index in [0.717, 1.165) is 49.8 Å². The SMILES string of the molecule is CBC(=O)C(C)(C)NC(=O)c1cc2c(n(CCCC)c1=O)CCCC2. The van der Waals surface area contributed by atoms with Crippen LogP contribution in [0.4, 0.5) is 0 Å². The summed E-state index contributed by atoms with van der Waals surface area (Å²) in [6, 6.07) is 1.75. The Morgan fingerprint density at radius 3 is 2.60 bits per heavy atom. The zero-order valence-electron chi connectivity index (χ0n) is 15.9. The van der Waals surface area contributed by atoms with E-state index >= 15 is 0 Å². The molecular weight excluding hydrogens is 315 g/mol. The van der Waals surface area contributed by atoms with Crippen LogP contribution in [0.5, 0.6) is 0 Å². The fraction of sp³-hybridized carbons (Fsp3) is 0.632. The number of rotatable bonds is 7. The zero-order valence-corrected chi connectivity index (χ0v) is 15.9. The van der Waals surface area contributed by atoms with E-state index in [1.165, 1.54) is 0 Å². The maximum atomic E-state index is 12.9. The number of hydrogen-bond acceptors (Lipinski definition) is 3. The molecule has 25 heavy (non-hydrogen) atoms. The molecule has 2 rings (SSSR count). The molecule has 0 saturated carbocycles. The number of fused-ring (bicyclic) bond motifs is 1. The van der Waals surface area contributed by atoms with E-state index in [-0.39, 0.29) is 16.8 Å². The molecule has 6 heteroatoms. The van der Waals surface area contributed by atoms with Gasteiger partial charge in [-0.05, 0) is 57.6 Å². The molecule has 1 aliphatic carbocycles. The van der Waals surface area contributed by atoms with Crippen molar-refractivity contribution >= 4 is 18.9 Å². The Morgan fingerprint density at radius 1 is 1.28 bits per heavy atom. The van der Waals surface area contributed by atoms with Crippen molar-refractivity contribution in [2.24, 2.45) is 0 Å². The highest BCUT2D eigenvalue weighted by molar-refractivity contribution is 6.74. The summed E-state index contributed by atoms with van der Waals surface area (Å²) < 4.78 is 1.79. The number of amides is 1. The van der Waals surface area contributed by atoms with E-state index in [1.54, 1.807) is 31.3 Å². The van der Waals surface area contributed by atoms with Crippen molar-refractivity contribution in [3.05, 3.63) is 33.2 Å². The lowest BCUT2D eigenvalue weighted by Crippen LogP contribution is -2.52. The van der Waals surface area contributed by atoms with E-state index in [4.69, 9.17) is 0 Å². The minimum atomic E-state index is -0.970. The summed E-state index contributed by atoms with van der Waals surface area (Å²) in [7, 11) is 0.345. The third-order valence-electron chi connectivity index (χ3n) is 5.02. The van der Waals surface area contributed by atoms with Gasteiger partial charge >= 0.3 is 0 Å². The highest BCUT2D eigenvalue weighted by Crippen LogP contribution is 2.21. The first-order valence-electron chi connectivity index (χ1n) is 9.43. The van der Waals surface area contributed by atoms with E-state index in [2.05, 4.69) is 12.2 Å². The van der Waals surface area contributed by atoms with E-state index in [0.29, 0.717) is 13.8 Å². The van der Waals surface area contributed by atoms with Gasteiger partial charge in [-0.3, -0.25) is 9.59 Å². The molecule has 5 nitrogen and oxygen atoms in total. The largest absolute Gasteiger partial charge is 0.341 e. The molecule has 0 radical (unpaired) electrons. The number of aromatic nitrogens is 1. The van der Waals surface area contributed by atoms with Crippen molar-refractivity contribution in [1.29, 1.82) is 0 Å². The average molecular weight is 344 g/mol. The number of pyridine rings is 1. The van der Waals surface area contributed by atoms with Crippen LogP contribution in [-0.4, -0.2) is 29.0 Å². The number of carbonyl (C=O) groups is 2. The molecule has 0 bridgehead atoms. The van der Waals surface area contributed by atoms with Crippen LogP contribution in [0.1, 0.15) is 68.1 Å². The molecule has 0 atom stereocenters. The Balaban J connectivity index is 2.42. The highest BCUT2D eigenvalue weighted by Gasteiger charge is 2.30. The second-order valence-electron chi connectivity index (χ2n) is 7.40. The predicted octanol–water partition coefficient (Wildman–Crippen LogP) is 2.05. The van der Waals surface area contributed by atoms with Crippen LogP contribution in [0.15, 0.2) is 10.9 Å². The standard InChI is InChI=1S/C19H29BN2O3/c1-5-6-11-22-15-10-8-7-9-13(15)12-14(17(22)24)16(23)21-19(2,3)18(25)20-4/h12,20H,5-11H2,1-4H3,(H,21,23). The van der Waals surface area contributed by atoms with Crippen molar-refractivity contribution in [1.82, 2.24) is 9.88 Å². The molecule has 1 heterocycles. The number of unbranched alkanes of at least 4 members (excludes halogenated alkanes) is 1. The van der Waals surface area contributed by atoms with E-state index in [9.17, 15) is 14.4 Å². The van der Waals surface area contributed by atoms with Gasteiger partial charge in [0.25, 0.3) is 11.5 Å². The van der Waals surface area contributed by atoms with Crippen LogP contribution in [0.25, 0.3) is 0 Å². The predicted molar refractivity (Wildman–Crippen MR) is 102 cm³/mol. The van der Waals surface area contributed by atoms with Gasteiger partial charge in [0.15, 0.2) is 0 Å². The quantitative estimate of drug-likeness (QED) is 0.770. The second kappa shape index (κ2) is 8.02. The Kier molecular flexibility index (Phi) is 6.25.